The third-order valence-corrected chi connectivity index (χ3v) is 8.45. The second kappa shape index (κ2) is 9.46. The average molecular weight is 482 g/mol. The SMILES string of the molecule is O=C(CCN1CCN(S(=O)(=O)c2ccc3c(c2)CCC3)CC1)Nc1c(Cl)cccc1Cl. The summed E-state index contributed by atoms with van der Waals surface area (Å²) in [6.45, 7) is 2.55. The van der Waals surface area contributed by atoms with Gasteiger partial charge < -0.3 is 10.2 Å². The van der Waals surface area contributed by atoms with E-state index >= 15 is 0 Å². The minimum absolute atomic E-state index is 0.178. The Bertz CT molecular complexity index is 1060. The van der Waals surface area contributed by atoms with Gasteiger partial charge in [-0.3, -0.25) is 4.79 Å². The number of fused-ring (bicyclic) bond motifs is 1. The summed E-state index contributed by atoms with van der Waals surface area (Å²) in [5.41, 5.74) is 2.84. The number of piperazine rings is 1. The molecule has 1 aliphatic carbocycles. The zero-order valence-electron chi connectivity index (χ0n) is 17.1. The molecule has 4 rings (SSSR count). The smallest absolute Gasteiger partial charge is 0.243 e. The molecule has 1 aliphatic heterocycles. The van der Waals surface area contributed by atoms with Gasteiger partial charge in [-0.25, -0.2) is 8.42 Å². The Kier molecular flexibility index (Phi) is 6.89. The van der Waals surface area contributed by atoms with Crippen molar-refractivity contribution in [1.82, 2.24) is 9.21 Å². The van der Waals surface area contributed by atoms with E-state index < -0.39 is 10.0 Å². The molecule has 2 aromatic rings. The maximum Gasteiger partial charge on any atom is 0.243 e. The van der Waals surface area contributed by atoms with Crippen LogP contribution >= 0.6 is 23.2 Å². The summed E-state index contributed by atoms with van der Waals surface area (Å²) in [5, 5.41) is 3.55. The van der Waals surface area contributed by atoms with Crippen molar-refractivity contribution in [3.63, 3.8) is 0 Å². The van der Waals surface area contributed by atoms with E-state index in [2.05, 4.69) is 10.2 Å². The maximum atomic E-state index is 13.0. The molecule has 0 bridgehead atoms. The zero-order chi connectivity index (χ0) is 22.0. The van der Waals surface area contributed by atoms with Crippen LogP contribution in [0, 0.1) is 0 Å². The van der Waals surface area contributed by atoms with E-state index in [4.69, 9.17) is 23.2 Å². The summed E-state index contributed by atoms with van der Waals surface area (Å²) in [4.78, 5) is 14.8. The van der Waals surface area contributed by atoms with Crippen LogP contribution in [-0.4, -0.2) is 56.3 Å². The first-order valence-electron chi connectivity index (χ1n) is 10.4. The average Bonchev–Trinajstić information content (AvgIpc) is 3.23. The van der Waals surface area contributed by atoms with Crippen molar-refractivity contribution >= 4 is 44.8 Å². The minimum Gasteiger partial charge on any atom is -0.324 e. The highest BCUT2D eigenvalue weighted by Crippen LogP contribution is 2.30. The molecule has 2 aromatic carbocycles. The van der Waals surface area contributed by atoms with E-state index in [1.807, 2.05) is 12.1 Å². The van der Waals surface area contributed by atoms with Gasteiger partial charge >= 0.3 is 0 Å². The zero-order valence-corrected chi connectivity index (χ0v) is 19.4. The van der Waals surface area contributed by atoms with Gasteiger partial charge in [-0.05, 0) is 54.7 Å². The second-order valence-corrected chi connectivity index (χ2v) is 10.7. The first-order chi connectivity index (χ1) is 14.8. The predicted molar refractivity (Wildman–Crippen MR) is 123 cm³/mol. The molecule has 31 heavy (non-hydrogen) atoms. The molecular weight excluding hydrogens is 457 g/mol. The van der Waals surface area contributed by atoms with Gasteiger partial charge in [0.25, 0.3) is 0 Å². The molecule has 0 aromatic heterocycles. The van der Waals surface area contributed by atoms with Crippen LogP contribution in [0.3, 0.4) is 0 Å². The lowest BCUT2D eigenvalue weighted by Gasteiger charge is -2.33. The van der Waals surface area contributed by atoms with Crippen LogP contribution in [0.15, 0.2) is 41.3 Å². The van der Waals surface area contributed by atoms with Crippen molar-refractivity contribution in [2.45, 2.75) is 30.6 Å². The van der Waals surface area contributed by atoms with Gasteiger partial charge in [0.2, 0.25) is 15.9 Å². The number of hydrogen-bond acceptors (Lipinski definition) is 4. The number of benzene rings is 2. The second-order valence-electron chi connectivity index (χ2n) is 7.92. The molecule has 0 saturated carbocycles. The monoisotopic (exact) mass is 481 g/mol. The van der Waals surface area contributed by atoms with Crippen molar-refractivity contribution in [2.24, 2.45) is 0 Å². The number of carbonyl (C=O) groups is 1. The number of nitrogens with zero attached hydrogens (tertiary/aromatic N) is 2. The fraction of sp³-hybridized carbons (Fsp3) is 0.409. The molecule has 1 fully saturated rings. The van der Waals surface area contributed by atoms with Gasteiger partial charge in [-0.1, -0.05) is 35.3 Å². The summed E-state index contributed by atoms with van der Waals surface area (Å²) in [6, 6.07) is 10.6. The number of hydrogen-bond donors (Lipinski definition) is 1. The third-order valence-electron chi connectivity index (χ3n) is 5.92. The molecule has 0 atom stereocenters. The quantitative estimate of drug-likeness (QED) is 0.680. The van der Waals surface area contributed by atoms with Crippen LogP contribution in [0.1, 0.15) is 24.0 Å². The lowest BCUT2D eigenvalue weighted by molar-refractivity contribution is -0.116. The van der Waals surface area contributed by atoms with E-state index in [1.54, 1.807) is 28.6 Å². The number of halogens is 2. The van der Waals surface area contributed by atoms with Gasteiger partial charge in [0.1, 0.15) is 0 Å². The van der Waals surface area contributed by atoms with Crippen LogP contribution in [0.25, 0.3) is 0 Å². The van der Waals surface area contributed by atoms with Crippen LogP contribution in [0.5, 0.6) is 0 Å². The van der Waals surface area contributed by atoms with E-state index in [9.17, 15) is 13.2 Å². The van der Waals surface area contributed by atoms with Crippen molar-refractivity contribution in [3.05, 3.63) is 57.6 Å². The van der Waals surface area contributed by atoms with Crippen LogP contribution in [0.2, 0.25) is 10.0 Å². The number of sulfonamides is 1. The molecule has 1 amide bonds. The first-order valence-corrected chi connectivity index (χ1v) is 12.6. The van der Waals surface area contributed by atoms with Crippen molar-refractivity contribution < 1.29 is 13.2 Å². The maximum absolute atomic E-state index is 13.0. The molecule has 0 radical (unpaired) electrons. The molecule has 9 heteroatoms. The Hall–Kier alpha value is -1.64. The topological polar surface area (TPSA) is 69.7 Å². The molecule has 0 spiro atoms. The van der Waals surface area contributed by atoms with Gasteiger partial charge in [0.05, 0.1) is 20.6 Å². The highest BCUT2D eigenvalue weighted by molar-refractivity contribution is 7.89. The number of anilines is 1. The van der Waals surface area contributed by atoms with Crippen LogP contribution < -0.4 is 5.32 Å². The number of nitrogens with one attached hydrogen (secondary N) is 1. The molecular formula is C22H25Cl2N3O3S. The Balaban J connectivity index is 1.29. The van der Waals surface area contributed by atoms with Crippen LogP contribution in [0.4, 0.5) is 5.69 Å². The highest BCUT2D eigenvalue weighted by atomic mass is 35.5. The van der Waals surface area contributed by atoms with Gasteiger partial charge in [0, 0.05) is 39.1 Å². The molecule has 6 nitrogen and oxygen atoms in total. The van der Waals surface area contributed by atoms with E-state index in [0.717, 1.165) is 24.8 Å². The van der Waals surface area contributed by atoms with Crippen LogP contribution in [-0.2, 0) is 27.7 Å². The van der Waals surface area contributed by atoms with Crippen molar-refractivity contribution in [2.75, 3.05) is 38.0 Å². The van der Waals surface area contributed by atoms with E-state index in [-0.39, 0.29) is 12.3 Å². The Morgan fingerprint density at radius 1 is 0.968 bits per heavy atom. The number of carbonyl (C=O) groups excluding carboxylic acids is 1. The van der Waals surface area contributed by atoms with Crippen molar-refractivity contribution in [3.8, 4) is 0 Å². The van der Waals surface area contributed by atoms with E-state index in [1.165, 1.54) is 5.56 Å². The third kappa shape index (κ3) is 5.07. The summed E-state index contributed by atoms with van der Waals surface area (Å²) in [5.74, 6) is -0.178. The molecule has 166 valence electrons. The normalized spacial score (nSPS) is 17.5. The lowest BCUT2D eigenvalue weighted by atomic mass is 10.1. The van der Waals surface area contributed by atoms with E-state index in [0.29, 0.717) is 53.4 Å². The lowest BCUT2D eigenvalue weighted by Crippen LogP contribution is -2.49. The summed E-state index contributed by atoms with van der Waals surface area (Å²) >= 11 is 12.2. The molecule has 1 N–H and O–H groups in total. The van der Waals surface area contributed by atoms with Gasteiger partial charge in [-0.2, -0.15) is 4.31 Å². The Labute approximate surface area is 193 Å². The Morgan fingerprint density at radius 2 is 1.65 bits per heavy atom. The molecule has 0 unspecified atom stereocenters. The standard InChI is InChI=1S/C22H25Cl2N3O3S/c23-19-5-2-6-20(24)22(19)25-21(28)9-10-26-11-13-27(14-12-26)31(29,30)18-8-7-16-3-1-4-17(16)15-18/h2,5-8,15H,1,3-4,9-14H2,(H,25,28). The molecule has 1 heterocycles. The van der Waals surface area contributed by atoms with Gasteiger partial charge in [-0.15, -0.1) is 0 Å². The highest BCUT2D eigenvalue weighted by Gasteiger charge is 2.29. The summed E-state index contributed by atoms with van der Waals surface area (Å²) in [7, 11) is -3.49. The molecule has 1 saturated heterocycles. The van der Waals surface area contributed by atoms with Gasteiger partial charge in [0.15, 0.2) is 0 Å². The Morgan fingerprint density at radius 3 is 2.35 bits per heavy atom. The largest absolute Gasteiger partial charge is 0.324 e. The minimum atomic E-state index is -3.49. The summed E-state index contributed by atoms with van der Waals surface area (Å²) < 4.78 is 27.6. The number of amides is 1. The number of para-hydroxylation sites is 1. The van der Waals surface area contributed by atoms with Crippen molar-refractivity contribution in [1.29, 1.82) is 0 Å². The summed E-state index contributed by atoms with van der Waals surface area (Å²) in [6.07, 6.45) is 3.35. The fourth-order valence-corrected chi connectivity index (χ4v) is 6.10. The first kappa shape index (κ1) is 22.6. The number of rotatable bonds is 6. The molecule has 2 aliphatic rings. The number of aryl methyl sites for hydroxylation is 2. The predicted octanol–water partition coefficient (Wildman–Crippen LogP) is 3.82. The fourth-order valence-electron chi connectivity index (χ4n) is 4.13.